The zero-order valence-electron chi connectivity index (χ0n) is 11.6. The number of nitrogens with two attached hydrogens (primary N) is 1. The molecule has 0 radical (unpaired) electrons. The molecule has 2 atom stereocenters. The molecule has 1 saturated carbocycles. The fraction of sp³-hybridized carbons (Fsp3) is 0.571. The molecular weight excluding hydrogens is 240 g/mol. The van der Waals surface area contributed by atoms with Crippen molar-refractivity contribution in [3.8, 4) is 0 Å². The number of carbonyl (C=O) groups is 1. The summed E-state index contributed by atoms with van der Waals surface area (Å²) in [5.41, 5.74) is 6.63. The number of hydrogen-bond acceptors (Lipinski definition) is 4. The van der Waals surface area contributed by atoms with E-state index in [9.17, 15) is 4.79 Å². The van der Waals surface area contributed by atoms with Gasteiger partial charge in [0.05, 0.1) is 5.56 Å². The number of nitrogens with zero attached hydrogens (tertiary/aromatic N) is 2. The average molecular weight is 262 g/mol. The fourth-order valence-corrected chi connectivity index (χ4v) is 2.44. The Morgan fingerprint density at radius 1 is 1.47 bits per heavy atom. The summed E-state index contributed by atoms with van der Waals surface area (Å²) in [4.78, 5) is 17.5. The van der Waals surface area contributed by atoms with Crippen LogP contribution in [0.4, 0.5) is 5.82 Å². The number of hydrogen-bond donors (Lipinski definition) is 2. The first-order chi connectivity index (χ1) is 9.08. The summed E-state index contributed by atoms with van der Waals surface area (Å²) >= 11 is 0. The van der Waals surface area contributed by atoms with Gasteiger partial charge in [-0.2, -0.15) is 0 Å². The third kappa shape index (κ3) is 3.44. The van der Waals surface area contributed by atoms with Crippen molar-refractivity contribution >= 4 is 11.7 Å². The molecule has 3 N–H and O–H groups in total. The molecule has 1 aromatic heterocycles. The predicted molar refractivity (Wildman–Crippen MR) is 76.1 cm³/mol. The number of rotatable bonds is 4. The number of anilines is 1. The van der Waals surface area contributed by atoms with Crippen molar-refractivity contribution in [2.24, 2.45) is 11.7 Å². The van der Waals surface area contributed by atoms with E-state index in [1.807, 2.05) is 6.07 Å². The zero-order chi connectivity index (χ0) is 13.8. The number of amides is 1. The van der Waals surface area contributed by atoms with Crippen LogP contribution >= 0.6 is 0 Å². The lowest BCUT2D eigenvalue weighted by Crippen LogP contribution is -2.29. The van der Waals surface area contributed by atoms with E-state index in [0.717, 1.165) is 18.8 Å². The highest BCUT2D eigenvalue weighted by Crippen LogP contribution is 2.24. The van der Waals surface area contributed by atoms with Crippen LogP contribution in [0.15, 0.2) is 18.3 Å². The Morgan fingerprint density at radius 3 is 2.79 bits per heavy atom. The number of pyridine rings is 1. The smallest absolute Gasteiger partial charge is 0.254 e. The summed E-state index contributed by atoms with van der Waals surface area (Å²) in [6.07, 6.45) is 5.14. The molecule has 0 bridgehead atoms. The van der Waals surface area contributed by atoms with Gasteiger partial charge in [0, 0.05) is 32.9 Å². The lowest BCUT2D eigenvalue weighted by molar-refractivity contribution is 0.0827. The molecule has 1 aromatic rings. The van der Waals surface area contributed by atoms with Gasteiger partial charge in [0.15, 0.2) is 0 Å². The first kappa shape index (κ1) is 13.8. The van der Waals surface area contributed by atoms with E-state index in [-0.39, 0.29) is 5.91 Å². The van der Waals surface area contributed by atoms with Crippen molar-refractivity contribution in [1.29, 1.82) is 0 Å². The minimum absolute atomic E-state index is 0.0307. The second-order valence-electron chi connectivity index (χ2n) is 5.37. The predicted octanol–water partition coefficient (Wildman–Crippen LogP) is 1.32. The molecule has 1 aliphatic carbocycles. The lowest BCUT2D eigenvalue weighted by atomic mass is 10.1. The van der Waals surface area contributed by atoms with Crippen LogP contribution in [0.1, 0.15) is 29.6 Å². The van der Waals surface area contributed by atoms with Crippen LogP contribution in [0.25, 0.3) is 0 Å². The summed E-state index contributed by atoms with van der Waals surface area (Å²) in [5.74, 6) is 1.30. The van der Waals surface area contributed by atoms with Crippen molar-refractivity contribution in [2.45, 2.75) is 25.3 Å². The summed E-state index contributed by atoms with van der Waals surface area (Å²) in [5, 5.41) is 3.30. The van der Waals surface area contributed by atoms with E-state index in [1.165, 1.54) is 12.8 Å². The van der Waals surface area contributed by atoms with E-state index < -0.39 is 0 Å². The van der Waals surface area contributed by atoms with Gasteiger partial charge in [-0.15, -0.1) is 0 Å². The maximum Gasteiger partial charge on any atom is 0.254 e. The van der Waals surface area contributed by atoms with Gasteiger partial charge in [0.1, 0.15) is 5.82 Å². The van der Waals surface area contributed by atoms with E-state index in [4.69, 9.17) is 5.73 Å². The molecule has 1 aliphatic rings. The third-order valence-corrected chi connectivity index (χ3v) is 3.68. The van der Waals surface area contributed by atoms with Crippen LogP contribution < -0.4 is 11.1 Å². The minimum Gasteiger partial charge on any atom is -0.370 e. The van der Waals surface area contributed by atoms with Crippen molar-refractivity contribution < 1.29 is 4.79 Å². The second-order valence-corrected chi connectivity index (χ2v) is 5.37. The summed E-state index contributed by atoms with van der Waals surface area (Å²) < 4.78 is 0. The topological polar surface area (TPSA) is 71.2 Å². The van der Waals surface area contributed by atoms with Gasteiger partial charge in [-0.25, -0.2) is 4.98 Å². The normalized spacial score (nSPS) is 22.3. The second kappa shape index (κ2) is 6.02. The largest absolute Gasteiger partial charge is 0.370 e. The lowest BCUT2D eigenvalue weighted by Gasteiger charge is -2.16. The van der Waals surface area contributed by atoms with Crippen molar-refractivity contribution in [3.05, 3.63) is 23.9 Å². The minimum atomic E-state index is -0.0307. The first-order valence-electron chi connectivity index (χ1n) is 6.75. The van der Waals surface area contributed by atoms with Crippen molar-refractivity contribution in [2.75, 3.05) is 26.0 Å². The Kier molecular flexibility index (Phi) is 4.37. The van der Waals surface area contributed by atoms with Gasteiger partial charge in [0.2, 0.25) is 0 Å². The highest BCUT2D eigenvalue weighted by molar-refractivity contribution is 5.93. The van der Waals surface area contributed by atoms with Crippen LogP contribution in [0.2, 0.25) is 0 Å². The molecule has 1 amide bonds. The Hall–Kier alpha value is -1.62. The highest BCUT2D eigenvalue weighted by Gasteiger charge is 2.23. The Bertz CT molecular complexity index is 430. The number of nitrogens with one attached hydrogen (secondary N) is 1. The SMILES string of the molecule is CN(C)C(=O)c1ccc(NCC2CCCC2N)nc1. The number of carbonyl (C=O) groups excluding carboxylic acids is 1. The summed E-state index contributed by atoms with van der Waals surface area (Å²) in [6.45, 7) is 0.856. The Morgan fingerprint density at radius 2 is 2.26 bits per heavy atom. The van der Waals surface area contributed by atoms with Crippen molar-refractivity contribution in [3.63, 3.8) is 0 Å². The van der Waals surface area contributed by atoms with Crippen LogP contribution in [0, 0.1) is 5.92 Å². The van der Waals surface area contributed by atoms with E-state index >= 15 is 0 Å². The molecule has 2 unspecified atom stereocenters. The van der Waals surface area contributed by atoms with Crippen LogP contribution in [-0.4, -0.2) is 42.5 Å². The molecule has 0 saturated heterocycles. The fourth-order valence-electron chi connectivity index (χ4n) is 2.44. The van der Waals surface area contributed by atoms with E-state index in [2.05, 4.69) is 10.3 Å². The van der Waals surface area contributed by atoms with Crippen LogP contribution in [0.3, 0.4) is 0 Å². The molecule has 104 valence electrons. The molecule has 0 aromatic carbocycles. The molecule has 2 rings (SSSR count). The molecule has 5 heteroatoms. The Balaban J connectivity index is 1.90. The molecule has 1 fully saturated rings. The molecule has 1 heterocycles. The van der Waals surface area contributed by atoms with Crippen LogP contribution in [0.5, 0.6) is 0 Å². The van der Waals surface area contributed by atoms with Crippen molar-refractivity contribution in [1.82, 2.24) is 9.88 Å². The maximum absolute atomic E-state index is 11.7. The molecule has 0 spiro atoms. The molecule has 0 aliphatic heterocycles. The number of aromatic nitrogens is 1. The quantitative estimate of drug-likeness (QED) is 0.858. The standard InChI is InChI=1S/C14H22N4O/c1-18(2)14(19)11-6-7-13(17-9-11)16-8-10-4-3-5-12(10)15/h6-7,9-10,12H,3-5,8,15H2,1-2H3,(H,16,17). The van der Waals surface area contributed by atoms with Gasteiger partial charge in [-0.1, -0.05) is 6.42 Å². The van der Waals surface area contributed by atoms with Gasteiger partial charge in [0.25, 0.3) is 5.91 Å². The third-order valence-electron chi connectivity index (χ3n) is 3.68. The highest BCUT2D eigenvalue weighted by atomic mass is 16.2. The van der Waals surface area contributed by atoms with Crippen LogP contribution in [-0.2, 0) is 0 Å². The van der Waals surface area contributed by atoms with E-state index in [0.29, 0.717) is 17.5 Å². The monoisotopic (exact) mass is 262 g/mol. The Labute approximate surface area is 114 Å². The summed E-state index contributed by atoms with van der Waals surface area (Å²) in [6, 6.07) is 3.95. The van der Waals surface area contributed by atoms with E-state index in [1.54, 1.807) is 31.3 Å². The average Bonchev–Trinajstić information content (AvgIpc) is 2.81. The maximum atomic E-state index is 11.7. The van der Waals surface area contributed by atoms with Gasteiger partial charge in [-0.05, 0) is 30.9 Å². The molecular formula is C14H22N4O. The first-order valence-corrected chi connectivity index (χ1v) is 6.75. The van der Waals surface area contributed by atoms with Gasteiger partial charge < -0.3 is 16.0 Å². The van der Waals surface area contributed by atoms with Gasteiger partial charge in [-0.3, -0.25) is 4.79 Å². The molecule has 19 heavy (non-hydrogen) atoms. The molecule has 5 nitrogen and oxygen atoms in total. The zero-order valence-corrected chi connectivity index (χ0v) is 11.6. The van der Waals surface area contributed by atoms with Gasteiger partial charge >= 0.3 is 0 Å². The summed E-state index contributed by atoms with van der Waals surface area (Å²) in [7, 11) is 3.46.